The summed E-state index contributed by atoms with van der Waals surface area (Å²) >= 11 is 0. The van der Waals surface area contributed by atoms with Crippen LogP contribution < -0.4 is 0 Å². The Morgan fingerprint density at radius 3 is 1.89 bits per heavy atom. The summed E-state index contributed by atoms with van der Waals surface area (Å²) in [5.74, 6) is 0.374. The summed E-state index contributed by atoms with van der Waals surface area (Å²) in [4.78, 5) is 0. The van der Waals surface area contributed by atoms with E-state index in [0.29, 0.717) is 5.75 Å². The molecule has 0 spiro atoms. The first kappa shape index (κ1) is 10.4. The lowest BCUT2D eigenvalue weighted by Gasteiger charge is -2.08. The van der Waals surface area contributed by atoms with Crippen molar-refractivity contribution in [1.82, 2.24) is 0 Å². The van der Waals surface area contributed by atoms with E-state index in [0.717, 1.165) is 26.9 Å². The van der Waals surface area contributed by atoms with E-state index >= 15 is 0 Å². The van der Waals surface area contributed by atoms with E-state index < -0.39 is 0 Å². The van der Waals surface area contributed by atoms with Crippen molar-refractivity contribution in [2.45, 2.75) is 0 Å². The van der Waals surface area contributed by atoms with Gasteiger partial charge in [0.05, 0.1) is 0 Å². The minimum absolute atomic E-state index is 0.374. The Hall–Kier alpha value is -2.54. The van der Waals surface area contributed by atoms with Gasteiger partial charge in [-0.3, -0.25) is 0 Å². The molecule has 4 rings (SSSR count). The Morgan fingerprint density at radius 2 is 1.11 bits per heavy atom. The molecule has 0 fully saturated rings. The van der Waals surface area contributed by atoms with Crippen LogP contribution in [-0.2, 0) is 0 Å². The molecule has 0 aromatic heterocycles. The van der Waals surface area contributed by atoms with E-state index in [1.54, 1.807) is 0 Å². The van der Waals surface area contributed by atoms with Gasteiger partial charge >= 0.3 is 0 Å². The normalized spacial score (nSPS) is 11.4. The van der Waals surface area contributed by atoms with Crippen LogP contribution in [0, 0.1) is 0 Å². The standard InChI is InChI=1S/C18H12O/c19-18-16-8-4-3-7-14(16)10-15-9-12-5-1-2-6-13(12)11-17(15)18/h1-11,19H. The van der Waals surface area contributed by atoms with E-state index in [1.807, 2.05) is 36.4 Å². The number of aromatic hydroxyl groups is 1. The molecule has 0 heterocycles. The van der Waals surface area contributed by atoms with Crippen molar-refractivity contribution in [3.63, 3.8) is 0 Å². The molecule has 90 valence electrons. The lowest BCUT2D eigenvalue weighted by Crippen LogP contribution is -1.80. The van der Waals surface area contributed by atoms with Gasteiger partial charge in [-0.2, -0.15) is 0 Å². The molecular formula is C18H12O. The number of hydrogen-bond acceptors (Lipinski definition) is 1. The summed E-state index contributed by atoms with van der Waals surface area (Å²) in [7, 11) is 0. The van der Waals surface area contributed by atoms with E-state index in [9.17, 15) is 5.11 Å². The molecule has 1 nitrogen and oxygen atoms in total. The minimum atomic E-state index is 0.374. The molecule has 4 aromatic carbocycles. The molecule has 0 saturated carbocycles. The Morgan fingerprint density at radius 1 is 0.526 bits per heavy atom. The predicted octanol–water partition coefficient (Wildman–Crippen LogP) is 4.85. The first-order valence-electron chi connectivity index (χ1n) is 6.36. The lowest BCUT2D eigenvalue weighted by atomic mass is 9.99. The monoisotopic (exact) mass is 244 g/mol. The number of fused-ring (bicyclic) bond motifs is 3. The highest BCUT2D eigenvalue weighted by atomic mass is 16.3. The third kappa shape index (κ3) is 1.48. The first-order valence-corrected chi connectivity index (χ1v) is 6.36. The van der Waals surface area contributed by atoms with E-state index in [4.69, 9.17) is 0 Å². The minimum Gasteiger partial charge on any atom is -0.507 e. The maximum atomic E-state index is 10.5. The number of phenolic OH excluding ortho intramolecular Hbond substituents is 1. The third-order valence-electron chi connectivity index (χ3n) is 3.70. The topological polar surface area (TPSA) is 20.2 Å². The Labute approximate surface area is 110 Å². The van der Waals surface area contributed by atoms with Crippen molar-refractivity contribution in [3.8, 4) is 5.75 Å². The van der Waals surface area contributed by atoms with Gasteiger partial charge in [0, 0.05) is 10.8 Å². The molecule has 0 unspecified atom stereocenters. The zero-order valence-electron chi connectivity index (χ0n) is 10.3. The van der Waals surface area contributed by atoms with Crippen LogP contribution in [0.5, 0.6) is 5.75 Å². The molecule has 0 bridgehead atoms. The number of hydrogen-bond donors (Lipinski definition) is 1. The highest BCUT2D eigenvalue weighted by Crippen LogP contribution is 2.35. The second kappa shape index (κ2) is 3.72. The van der Waals surface area contributed by atoms with Gasteiger partial charge in [-0.25, -0.2) is 0 Å². The van der Waals surface area contributed by atoms with Crippen LogP contribution in [0.4, 0.5) is 0 Å². The van der Waals surface area contributed by atoms with Crippen LogP contribution >= 0.6 is 0 Å². The summed E-state index contributed by atoms with van der Waals surface area (Å²) in [6.07, 6.45) is 0. The average molecular weight is 244 g/mol. The van der Waals surface area contributed by atoms with Crippen LogP contribution in [-0.4, -0.2) is 5.11 Å². The summed E-state index contributed by atoms with van der Waals surface area (Å²) in [6, 6.07) is 22.5. The molecule has 4 aromatic rings. The van der Waals surface area contributed by atoms with Gasteiger partial charge in [0.25, 0.3) is 0 Å². The SMILES string of the molecule is Oc1c2ccccc2cc2cc3ccccc3cc12. The first-order chi connectivity index (χ1) is 9.33. The van der Waals surface area contributed by atoms with Crippen LogP contribution in [0.15, 0.2) is 66.7 Å². The molecule has 1 N–H and O–H groups in total. The van der Waals surface area contributed by atoms with Gasteiger partial charge in [-0.15, -0.1) is 0 Å². The highest BCUT2D eigenvalue weighted by molar-refractivity contribution is 6.09. The summed E-state index contributed by atoms with van der Waals surface area (Å²) in [5, 5.41) is 16.8. The molecule has 1 heteroatoms. The van der Waals surface area contributed by atoms with Crippen molar-refractivity contribution in [2.75, 3.05) is 0 Å². The second-order valence-electron chi connectivity index (χ2n) is 4.87. The molecule has 0 aliphatic carbocycles. The number of rotatable bonds is 0. The maximum Gasteiger partial charge on any atom is 0.131 e. The van der Waals surface area contributed by atoms with Crippen molar-refractivity contribution in [1.29, 1.82) is 0 Å². The van der Waals surface area contributed by atoms with Crippen LogP contribution in [0.3, 0.4) is 0 Å². The van der Waals surface area contributed by atoms with E-state index in [1.165, 1.54) is 5.39 Å². The molecule has 19 heavy (non-hydrogen) atoms. The zero-order valence-corrected chi connectivity index (χ0v) is 10.3. The Kier molecular flexibility index (Phi) is 2.04. The Bertz CT molecular complexity index is 917. The van der Waals surface area contributed by atoms with E-state index in [2.05, 4.69) is 30.3 Å². The molecule has 0 amide bonds. The lowest BCUT2D eigenvalue weighted by molar-refractivity contribution is 0.488. The number of benzene rings is 4. The largest absolute Gasteiger partial charge is 0.507 e. The quantitative estimate of drug-likeness (QED) is 0.438. The van der Waals surface area contributed by atoms with Gasteiger partial charge in [-0.1, -0.05) is 48.5 Å². The highest BCUT2D eigenvalue weighted by Gasteiger charge is 2.07. The van der Waals surface area contributed by atoms with Crippen molar-refractivity contribution in [2.24, 2.45) is 0 Å². The fourth-order valence-electron chi connectivity index (χ4n) is 2.73. The fourth-order valence-corrected chi connectivity index (χ4v) is 2.73. The summed E-state index contributed by atoms with van der Waals surface area (Å²) in [5.41, 5.74) is 0. The van der Waals surface area contributed by atoms with Crippen molar-refractivity contribution in [3.05, 3.63) is 66.7 Å². The molecule has 0 radical (unpaired) electrons. The Balaban J connectivity index is 2.25. The maximum absolute atomic E-state index is 10.5. The average Bonchev–Trinajstić information content (AvgIpc) is 2.46. The van der Waals surface area contributed by atoms with E-state index in [-0.39, 0.29) is 0 Å². The van der Waals surface area contributed by atoms with Gasteiger partial charge in [0.1, 0.15) is 5.75 Å². The fraction of sp³-hybridized carbons (Fsp3) is 0. The predicted molar refractivity (Wildman–Crippen MR) is 80.6 cm³/mol. The van der Waals surface area contributed by atoms with Gasteiger partial charge in [-0.05, 0) is 39.7 Å². The second-order valence-corrected chi connectivity index (χ2v) is 4.87. The molecule has 0 saturated heterocycles. The van der Waals surface area contributed by atoms with Crippen molar-refractivity contribution >= 4 is 32.3 Å². The smallest absolute Gasteiger partial charge is 0.131 e. The molecular weight excluding hydrogens is 232 g/mol. The van der Waals surface area contributed by atoms with Crippen LogP contribution in [0.2, 0.25) is 0 Å². The van der Waals surface area contributed by atoms with Gasteiger partial charge in [0.2, 0.25) is 0 Å². The summed E-state index contributed by atoms with van der Waals surface area (Å²) < 4.78 is 0. The van der Waals surface area contributed by atoms with Gasteiger partial charge in [0.15, 0.2) is 0 Å². The number of phenols is 1. The molecule has 0 atom stereocenters. The summed E-state index contributed by atoms with van der Waals surface area (Å²) in [6.45, 7) is 0. The van der Waals surface area contributed by atoms with Crippen molar-refractivity contribution < 1.29 is 5.11 Å². The zero-order chi connectivity index (χ0) is 12.8. The molecule has 0 aliphatic heterocycles. The van der Waals surface area contributed by atoms with Gasteiger partial charge < -0.3 is 5.11 Å². The van der Waals surface area contributed by atoms with Crippen LogP contribution in [0.1, 0.15) is 0 Å². The molecule has 0 aliphatic rings. The van der Waals surface area contributed by atoms with Crippen LogP contribution in [0.25, 0.3) is 32.3 Å². The third-order valence-corrected chi connectivity index (χ3v) is 3.70.